The van der Waals surface area contributed by atoms with Crippen LogP contribution in [0.1, 0.15) is 39.9 Å². The average Bonchev–Trinajstić information content (AvgIpc) is 3.67. The van der Waals surface area contributed by atoms with Crippen LogP contribution in [0.2, 0.25) is 0 Å². The SMILES string of the molecule is Cc1cccc2c1NC(=O)[C@]21N2CCC[C@H]2[C@@H](C(=O)c2ccc3ccccc3c2)[C@]12C(=O)Nc1ccccc12. The van der Waals surface area contributed by atoms with E-state index in [-0.39, 0.29) is 23.6 Å². The first kappa shape index (κ1) is 22.7. The molecular weight excluding hydrogens is 486 g/mol. The van der Waals surface area contributed by atoms with Gasteiger partial charge in [-0.3, -0.25) is 19.3 Å². The molecular formula is C33H27N3O3. The molecule has 4 aromatic carbocycles. The first-order chi connectivity index (χ1) is 19.0. The van der Waals surface area contributed by atoms with Crippen LogP contribution < -0.4 is 10.6 Å². The second-order valence-corrected chi connectivity index (χ2v) is 11.3. The van der Waals surface area contributed by atoms with Crippen molar-refractivity contribution in [1.29, 1.82) is 0 Å². The quantitative estimate of drug-likeness (QED) is 0.363. The van der Waals surface area contributed by atoms with E-state index in [1.807, 2.05) is 91.9 Å². The number of rotatable bonds is 2. The molecule has 6 heteroatoms. The van der Waals surface area contributed by atoms with Crippen LogP contribution in [0.3, 0.4) is 0 Å². The van der Waals surface area contributed by atoms with Crippen molar-refractivity contribution in [3.05, 3.63) is 107 Å². The smallest absolute Gasteiger partial charge is 0.251 e. The zero-order valence-electron chi connectivity index (χ0n) is 21.5. The third-order valence-electron chi connectivity index (χ3n) is 9.66. The number of hydrogen-bond acceptors (Lipinski definition) is 4. The summed E-state index contributed by atoms with van der Waals surface area (Å²) in [6.45, 7) is 2.62. The van der Waals surface area contributed by atoms with E-state index in [0.717, 1.165) is 46.0 Å². The molecule has 0 unspecified atom stereocenters. The van der Waals surface area contributed by atoms with Crippen LogP contribution >= 0.6 is 0 Å². The molecule has 4 aliphatic rings. The Kier molecular flexibility index (Phi) is 4.44. The number of carbonyl (C=O) groups excluding carboxylic acids is 3. The molecule has 0 radical (unpaired) electrons. The number of nitrogens with one attached hydrogen (secondary N) is 2. The fraction of sp³-hybridized carbons (Fsp3) is 0.242. The van der Waals surface area contributed by atoms with Crippen LogP contribution in [0.5, 0.6) is 0 Å². The Morgan fingerprint density at radius 2 is 1.62 bits per heavy atom. The van der Waals surface area contributed by atoms with Crippen molar-refractivity contribution in [1.82, 2.24) is 4.90 Å². The second-order valence-electron chi connectivity index (χ2n) is 11.3. The number of benzene rings is 4. The van der Waals surface area contributed by atoms with E-state index < -0.39 is 16.9 Å². The third kappa shape index (κ3) is 2.53. The first-order valence-electron chi connectivity index (χ1n) is 13.6. The van der Waals surface area contributed by atoms with Crippen LogP contribution in [-0.4, -0.2) is 35.1 Å². The molecule has 192 valence electrons. The molecule has 4 atom stereocenters. The summed E-state index contributed by atoms with van der Waals surface area (Å²) < 4.78 is 0. The van der Waals surface area contributed by atoms with E-state index in [1.165, 1.54) is 0 Å². The molecule has 0 saturated carbocycles. The van der Waals surface area contributed by atoms with Crippen molar-refractivity contribution in [2.24, 2.45) is 5.92 Å². The number of anilines is 2. The van der Waals surface area contributed by atoms with Crippen LogP contribution in [0, 0.1) is 12.8 Å². The first-order valence-corrected chi connectivity index (χ1v) is 13.6. The summed E-state index contributed by atoms with van der Waals surface area (Å²) in [7, 11) is 0. The van der Waals surface area contributed by atoms with Gasteiger partial charge in [-0.1, -0.05) is 72.8 Å². The van der Waals surface area contributed by atoms with Gasteiger partial charge in [-0.15, -0.1) is 0 Å². The second kappa shape index (κ2) is 7.64. The zero-order chi connectivity index (χ0) is 26.5. The number of carbonyl (C=O) groups is 3. The Morgan fingerprint density at radius 3 is 2.49 bits per heavy atom. The predicted molar refractivity (Wildman–Crippen MR) is 150 cm³/mol. The average molecular weight is 514 g/mol. The number of ketones is 1. The van der Waals surface area contributed by atoms with Gasteiger partial charge in [0.2, 0.25) is 5.91 Å². The van der Waals surface area contributed by atoms with Crippen LogP contribution in [0.25, 0.3) is 10.8 Å². The summed E-state index contributed by atoms with van der Waals surface area (Å²) in [6, 6.07) is 27.0. The lowest BCUT2D eigenvalue weighted by Gasteiger charge is -2.43. The summed E-state index contributed by atoms with van der Waals surface area (Å²) in [5.74, 6) is -1.32. The Labute approximate surface area is 226 Å². The molecule has 0 aliphatic carbocycles. The molecule has 0 bridgehead atoms. The minimum atomic E-state index is -1.42. The van der Waals surface area contributed by atoms with Crippen molar-refractivity contribution < 1.29 is 14.4 Å². The third-order valence-corrected chi connectivity index (χ3v) is 9.66. The fourth-order valence-corrected chi connectivity index (χ4v) is 8.27. The largest absolute Gasteiger partial charge is 0.325 e. The van der Waals surface area contributed by atoms with Crippen molar-refractivity contribution in [3.63, 3.8) is 0 Å². The Hall–Kier alpha value is -4.29. The lowest BCUT2D eigenvalue weighted by Crippen LogP contribution is -2.62. The Bertz CT molecular complexity index is 1760. The monoisotopic (exact) mass is 513 g/mol. The number of nitrogens with zero attached hydrogens (tertiary/aromatic N) is 1. The lowest BCUT2D eigenvalue weighted by atomic mass is 9.57. The number of aryl methyl sites for hydroxylation is 1. The van der Waals surface area contributed by atoms with Gasteiger partial charge in [0.25, 0.3) is 5.91 Å². The summed E-state index contributed by atoms with van der Waals surface area (Å²) in [4.78, 5) is 46.1. The summed E-state index contributed by atoms with van der Waals surface area (Å²) in [5.41, 5.74) is 1.72. The highest BCUT2D eigenvalue weighted by Crippen LogP contribution is 2.68. The number of hydrogen-bond donors (Lipinski definition) is 2. The molecule has 4 aromatic rings. The molecule has 2 amide bonds. The van der Waals surface area contributed by atoms with Crippen molar-refractivity contribution in [3.8, 4) is 0 Å². The number of fused-ring (bicyclic) bond motifs is 8. The van der Waals surface area contributed by atoms with E-state index in [2.05, 4.69) is 15.5 Å². The topological polar surface area (TPSA) is 78.5 Å². The summed E-state index contributed by atoms with van der Waals surface area (Å²) in [6.07, 6.45) is 1.61. The molecule has 2 fully saturated rings. The Balaban J connectivity index is 1.46. The van der Waals surface area contributed by atoms with Gasteiger partial charge in [0.15, 0.2) is 5.78 Å². The molecule has 8 rings (SSSR count). The molecule has 39 heavy (non-hydrogen) atoms. The lowest BCUT2D eigenvalue weighted by molar-refractivity contribution is -0.137. The number of amides is 2. The highest BCUT2D eigenvalue weighted by Gasteiger charge is 2.81. The fourth-order valence-electron chi connectivity index (χ4n) is 8.27. The molecule has 2 saturated heterocycles. The van der Waals surface area contributed by atoms with E-state index in [0.29, 0.717) is 17.8 Å². The number of Topliss-reactive ketones (excluding diaryl/α,β-unsaturated/α-hetero) is 1. The minimum Gasteiger partial charge on any atom is -0.325 e. The van der Waals surface area contributed by atoms with E-state index in [9.17, 15) is 14.4 Å². The highest BCUT2D eigenvalue weighted by atomic mass is 16.2. The van der Waals surface area contributed by atoms with Crippen LogP contribution in [-0.2, 0) is 20.5 Å². The normalized spacial score (nSPS) is 28.5. The summed E-state index contributed by atoms with van der Waals surface area (Å²) >= 11 is 0. The van der Waals surface area contributed by atoms with Gasteiger partial charge in [0, 0.05) is 28.5 Å². The standard InChI is InChI=1S/C33H27N3O3/c1-19-8-6-12-24-28(19)35-31(39)33(24)32(23-11-4-5-13-25(23)34-30(32)38)27(26-14-7-17-36(26)33)29(37)22-16-15-20-9-2-3-10-21(20)18-22/h2-6,8-13,15-16,18,26-27H,7,14,17H2,1H3,(H,34,38)(H,35,39)/t26-,27-,32+,33+/m0/s1. The molecule has 4 aliphatic heterocycles. The predicted octanol–water partition coefficient (Wildman–Crippen LogP) is 5.16. The van der Waals surface area contributed by atoms with Crippen molar-refractivity contribution >= 4 is 39.7 Å². The van der Waals surface area contributed by atoms with Gasteiger partial charge in [-0.05, 0) is 60.3 Å². The van der Waals surface area contributed by atoms with E-state index in [1.54, 1.807) is 0 Å². The molecule has 4 heterocycles. The van der Waals surface area contributed by atoms with Gasteiger partial charge in [0.1, 0.15) is 11.0 Å². The maximum absolute atomic E-state index is 14.8. The van der Waals surface area contributed by atoms with Crippen molar-refractivity contribution in [2.75, 3.05) is 17.2 Å². The molecule has 2 spiro atoms. The van der Waals surface area contributed by atoms with Gasteiger partial charge in [-0.25, -0.2) is 0 Å². The molecule has 2 N–H and O–H groups in total. The van der Waals surface area contributed by atoms with Crippen LogP contribution in [0.15, 0.2) is 84.9 Å². The molecule has 0 aromatic heterocycles. The minimum absolute atomic E-state index is 0.0877. The molecule has 6 nitrogen and oxygen atoms in total. The van der Waals surface area contributed by atoms with E-state index in [4.69, 9.17) is 0 Å². The van der Waals surface area contributed by atoms with Gasteiger partial charge in [-0.2, -0.15) is 0 Å². The number of para-hydroxylation sites is 2. The maximum atomic E-state index is 14.8. The maximum Gasteiger partial charge on any atom is 0.251 e. The highest BCUT2D eigenvalue weighted by molar-refractivity contribution is 6.21. The van der Waals surface area contributed by atoms with Crippen LogP contribution in [0.4, 0.5) is 11.4 Å². The Morgan fingerprint density at radius 1 is 0.846 bits per heavy atom. The van der Waals surface area contributed by atoms with Gasteiger partial charge in [0.05, 0.1) is 5.92 Å². The zero-order valence-corrected chi connectivity index (χ0v) is 21.5. The summed E-state index contributed by atoms with van der Waals surface area (Å²) in [5, 5.41) is 8.30. The van der Waals surface area contributed by atoms with Crippen molar-refractivity contribution in [2.45, 2.75) is 36.8 Å². The van der Waals surface area contributed by atoms with Gasteiger partial charge >= 0.3 is 0 Å². The van der Waals surface area contributed by atoms with Gasteiger partial charge < -0.3 is 10.6 Å². The van der Waals surface area contributed by atoms with E-state index >= 15 is 0 Å².